The molecule has 3 nitrogen and oxygen atoms in total. The SMILES string of the molecule is c1cc2c3c(c1)-n1c4ccccc4c4cccc(c41)B3n1c3ccc4c5ccccc5oc4c3c3cccc-2c31. The topological polar surface area (TPSA) is 23.0 Å². The van der Waals surface area contributed by atoms with E-state index >= 15 is 0 Å². The Labute approximate surface area is 228 Å². The van der Waals surface area contributed by atoms with E-state index in [9.17, 15) is 0 Å². The zero-order valence-electron chi connectivity index (χ0n) is 21.3. The number of para-hydroxylation sites is 4. The van der Waals surface area contributed by atoms with E-state index in [4.69, 9.17) is 4.42 Å². The third-order valence-corrected chi connectivity index (χ3v) is 9.50. The molecule has 11 rings (SSSR count). The van der Waals surface area contributed by atoms with Gasteiger partial charge in [-0.05, 0) is 46.8 Å². The van der Waals surface area contributed by atoms with Gasteiger partial charge < -0.3 is 13.5 Å². The van der Waals surface area contributed by atoms with Crippen molar-refractivity contribution in [2.75, 3.05) is 0 Å². The number of hydrogen-bond acceptors (Lipinski definition) is 1. The highest BCUT2D eigenvalue weighted by Gasteiger charge is 2.41. The van der Waals surface area contributed by atoms with E-state index < -0.39 is 0 Å². The number of nitrogens with zero attached hydrogens (tertiary/aromatic N) is 2. The van der Waals surface area contributed by atoms with Gasteiger partial charge in [-0.1, -0.05) is 84.9 Å². The molecule has 0 fully saturated rings. The number of hydrogen-bond donors (Lipinski definition) is 0. The van der Waals surface area contributed by atoms with E-state index in [0.717, 1.165) is 11.2 Å². The normalized spacial score (nSPS) is 13.4. The molecule has 5 heterocycles. The largest absolute Gasteiger partial charge is 0.455 e. The molecule has 0 N–H and O–H groups in total. The van der Waals surface area contributed by atoms with Gasteiger partial charge in [-0.25, -0.2) is 0 Å². The van der Waals surface area contributed by atoms with Crippen LogP contribution in [0.3, 0.4) is 0 Å². The van der Waals surface area contributed by atoms with Crippen LogP contribution in [0.15, 0.2) is 120 Å². The highest BCUT2D eigenvalue weighted by atomic mass is 16.3. The second-order valence-electron chi connectivity index (χ2n) is 11.2. The van der Waals surface area contributed by atoms with E-state index in [1.807, 2.05) is 0 Å². The van der Waals surface area contributed by atoms with Gasteiger partial charge in [0.05, 0.1) is 11.0 Å². The molecule has 0 bridgehead atoms. The molecule has 0 spiro atoms. The summed E-state index contributed by atoms with van der Waals surface area (Å²) in [7, 11) is 0. The maximum atomic E-state index is 6.61. The van der Waals surface area contributed by atoms with Crippen molar-refractivity contribution in [2.24, 2.45) is 0 Å². The summed E-state index contributed by atoms with van der Waals surface area (Å²) in [5.41, 5.74) is 13.6. The molecular formula is C36H19BN2O. The van der Waals surface area contributed by atoms with Gasteiger partial charge in [0.15, 0.2) is 0 Å². The van der Waals surface area contributed by atoms with Crippen LogP contribution >= 0.6 is 0 Å². The van der Waals surface area contributed by atoms with Gasteiger partial charge >= 0.3 is 6.85 Å². The number of benzene rings is 6. The van der Waals surface area contributed by atoms with Crippen LogP contribution in [0.5, 0.6) is 0 Å². The summed E-state index contributed by atoms with van der Waals surface area (Å²) in [4.78, 5) is 0. The Hall–Kier alpha value is -5.22. The van der Waals surface area contributed by atoms with Gasteiger partial charge in [0.25, 0.3) is 0 Å². The van der Waals surface area contributed by atoms with Crippen molar-refractivity contribution in [3.63, 3.8) is 0 Å². The van der Waals surface area contributed by atoms with E-state index in [-0.39, 0.29) is 6.85 Å². The van der Waals surface area contributed by atoms with Crippen LogP contribution in [0, 0.1) is 0 Å². The molecule has 4 heteroatoms. The molecular weight excluding hydrogens is 487 g/mol. The fourth-order valence-electron chi connectivity index (χ4n) is 8.06. The Morgan fingerprint density at radius 2 is 1.30 bits per heavy atom. The predicted molar refractivity (Wildman–Crippen MR) is 167 cm³/mol. The van der Waals surface area contributed by atoms with Crippen molar-refractivity contribution < 1.29 is 4.42 Å². The molecule has 0 aliphatic carbocycles. The number of rotatable bonds is 0. The van der Waals surface area contributed by atoms with Gasteiger partial charge in [-0.3, -0.25) is 0 Å². The predicted octanol–water partition coefficient (Wildman–Crippen LogP) is 7.74. The average molecular weight is 506 g/mol. The van der Waals surface area contributed by atoms with Crippen molar-refractivity contribution in [1.29, 1.82) is 0 Å². The van der Waals surface area contributed by atoms with Crippen molar-refractivity contribution in [3.05, 3.63) is 115 Å². The first-order chi connectivity index (χ1) is 19.9. The Morgan fingerprint density at radius 3 is 2.27 bits per heavy atom. The number of aromatic nitrogens is 2. The second-order valence-corrected chi connectivity index (χ2v) is 11.2. The van der Waals surface area contributed by atoms with Gasteiger partial charge in [-0.2, -0.15) is 0 Å². The zero-order valence-corrected chi connectivity index (χ0v) is 21.3. The highest BCUT2D eigenvalue weighted by Crippen LogP contribution is 2.45. The quantitative estimate of drug-likeness (QED) is 0.193. The molecule has 0 saturated heterocycles. The lowest BCUT2D eigenvalue weighted by Gasteiger charge is -2.33. The van der Waals surface area contributed by atoms with Crippen LogP contribution in [0.2, 0.25) is 0 Å². The minimum atomic E-state index is 0.0726. The van der Waals surface area contributed by atoms with Crippen LogP contribution in [0.25, 0.3) is 82.4 Å². The molecule has 0 saturated carbocycles. The Bertz CT molecular complexity index is 2610. The van der Waals surface area contributed by atoms with Gasteiger partial charge in [-0.15, -0.1) is 0 Å². The first kappa shape index (κ1) is 19.8. The molecule has 3 aromatic heterocycles. The fraction of sp³-hybridized carbons (Fsp3) is 0. The molecule has 2 aliphatic rings. The summed E-state index contributed by atoms with van der Waals surface area (Å²) in [6.07, 6.45) is 0. The molecule has 0 radical (unpaired) electrons. The summed E-state index contributed by atoms with van der Waals surface area (Å²) in [6, 6.07) is 42.3. The second kappa shape index (κ2) is 6.49. The highest BCUT2D eigenvalue weighted by molar-refractivity contribution is 6.90. The Kier molecular flexibility index (Phi) is 3.21. The minimum Gasteiger partial charge on any atom is -0.455 e. The van der Waals surface area contributed by atoms with Crippen molar-refractivity contribution in [1.82, 2.24) is 9.05 Å². The van der Waals surface area contributed by atoms with Crippen LogP contribution in [-0.2, 0) is 0 Å². The molecule has 40 heavy (non-hydrogen) atoms. The first-order valence-electron chi connectivity index (χ1n) is 13.9. The van der Waals surface area contributed by atoms with Gasteiger partial charge in [0.1, 0.15) is 11.2 Å². The van der Waals surface area contributed by atoms with Crippen LogP contribution in [0.1, 0.15) is 0 Å². The monoisotopic (exact) mass is 506 g/mol. The molecule has 2 aliphatic heterocycles. The van der Waals surface area contributed by atoms with Crippen LogP contribution in [0.4, 0.5) is 0 Å². The summed E-state index contributed by atoms with van der Waals surface area (Å²) < 4.78 is 11.7. The number of fused-ring (bicyclic) bond motifs is 14. The molecule has 182 valence electrons. The third kappa shape index (κ3) is 2.03. The maximum absolute atomic E-state index is 6.61. The van der Waals surface area contributed by atoms with Gasteiger partial charge in [0.2, 0.25) is 0 Å². The fourth-order valence-corrected chi connectivity index (χ4v) is 8.06. The maximum Gasteiger partial charge on any atom is 0.333 e. The van der Waals surface area contributed by atoms with E-state index in [0.29, 0.717) is 0 Å². The Morgan fingerprint density at radius 1 is 0.525 bits per heavy atom. The third-order valence-electron chi connectivity index (χ3n) is 9.50. The molecule has 0 unspecified atom stereocenters. The first-order valence-corrected chi connectivity index (χ1v) is 13.9. The summed E-state index contributed by atoms with van der Waals surface area (Å²) in [5, 5.41) is 7.43. The summed E-state index contributed by atoms with van der Waals surface area (Å²) in [5.74, 6) is 0. The lowest BCUT2D eigenvalue weighted by molar-refractivity contribution is 0.673. The molecule has 9 aromatic rings. The standard InChI is InChI=1S/C36H19BN2O/c1-3-15-28-20(8-1)23-12-6-14-27-35(23)38(28)30-16-7-10-22-24-11-5-13-26-32-29(39(34(24)26)37(27)33(22)30)19-18-25-21-9-2-4-17-31(21)40-36(25)32/h1-19H. The lowest BCUT2D eigenvalue weighted by atomic mass is 9.45. The van der Waals surface area contributed by atoms with E-state index in [1.54, 1.807) is 0 Å². The molecule has 0 amide bonds. The average Bonchev–Trinajstić information content (AvgIpc) is 3.66. The summed E-state index contributed by atoms with van der Waals surface area (Å²) in [6.45, 7) is 0.0726. The van der Waals surface area contributed by atoms with E-state index in [1.165, 1.54) is 82.1 Å². The van der Waals surface area contributed by atoms with Crippen molar-refractivity contribution >= 4 is 83.3 Å². The molecule has 0 atom stereocenters. The van der Waals surface area contributed by atoms with Crippen LogP contribution < -0.4 is 10.9 Å². The van der Waals surface area contributed by atoms with Gasteiger partial charge in [0, 0.05) is 54.6 Å². The summed E-state index contributed by atoms with van der Waals surface area (Å²) >= 11 is 0. The Balaban J connectivity index is 1.40. The van der Waals surface area contributed by atoms with Crippen LogP contribution in [-0.4, -0.2) is 15.9 Å². The van der Waals surface area contributed by atoms with Crippen molar-refractivity contribution in [2.45, 2.75) is 0 Å². The number of furan rings is 1. The smallest absolute Gasteiger partial charge is 0.333 e. The molecule has 6 aromatic carbocycles. The minimum absolute atomic E-state index is 0.0726. The van der Waals surface area contributed by atoms with E-state index in [2.05, 4.69) is 124 Å². The van der Waals surface area contributed by atoms with Crippen molar-refractivity contribution in [3.8, 4) is 16.8 Å². The zero-order chi connectivity index (χ0) is 25.7. The lowest BCUT2D eigenvalue weighted by Crippen LogP contribution is -2.55.